The van der Waals surface area contributed by atoms with E-state index in [0.29, 0.717) is 18.1 Å². The summed E-state index contributed by atoms with van der Waals surface area (Å²) in [6.45, 7) is 5.75. The van der Waals surface area contributed by atoms with Crippen LogP contribution in [0.25, 0.3) is 10.1 Å². The van der Waals surface area contributed by atoms with Gasteiger partial charge in [-0.15, -0.1) is 0 Å². The number of benzene rings is 1. The Hall–Kier alpha value is -2.40. The second-order valence-corrected chi connectivity index (χ2v) is 7.18. The maximum absolute atomic E-state index is 11.8. The Morgan fingerprint density at radius 2 is 2.00 bits per heavy atom. The highest BCUT2D eigenvalue weighted by atomic mass is 32.1. The Morgan fingerprint density at radius 3 is 2.71 bits per heavy atom. The van der Waals surface area contributed by atoms with Gasteiger partial charge in [0.1, 0.15) is 18.1 Å². The minimum Gasteiger partial charge on any atom is -0.489 e. The lowest BCUT2D eigenvalue weighted by molar-refractivity contribution is -0.126. The average Bonchev–Trinajstić information content (AvgIpc) is 2.80. The monoisotopic (exact) mass is 342 g/mol. The molecule has 0 fully saturated rings. The highest BCUT2D eigenvalue weighted by Crippen LogP contribution is 2.28. The maximum Gasteiger partial charge on any atom is 0.232 e. The first-order valence-corrected chi connectivity index (χ1v) is 8.46. The normalized spacial score (nSPS) is 16.9. The highest BCUT2D eigenvalue weighted by molar-refractivity contribution is 7.16. The molecular formula is C19H18O4S. The van der Waals surface area contributed by atoms with Crippen molar-refractivity contribution in [2.75, 3.05) is 6.61 Å². The smallest absolute Gasteiger partial charge is 0.232 e. The zero-order chi connectivity index (χ0) is 17.3. The number of allylic oxidation sites excluding steroid dienone is 1. The molecule has 1 aromatic carbocycles. The van der Waals surface area contributed by atoms with Gasteiger partial charge < -0.3 is 9.47 Å². The Labute approximate surface area is 144 Å². The third-order valence-corrected chi connectivity index (χ3v) is 4.75. The Bertz CT molecular complexity index is 918. The third kappa shape index (κ3) is 3.41. The quantitative estimate of drug-likeness (QED) is 0.847. The van der Waals surface area contributed by atoms with Gasteiger partial charge in [-0.05, 0) is 68.1 Å². The average molecular weight is 342 g/mol. The van der Waals surface area contributed by atoms with E-state index in [1.165, 1.54) is 17.4 Å². The molecule has 1 aliphatic rings. The molecule has 0 N–H and O–H groups in total. The molecule has 0 radical (unpaired) electrons. The van der Waals surface area contributed by atoms with Crippen LogP contribution in [0.4, 0.5) is 0 Å². The summed E-state index contributed by atoms with van der Waals surface area (Å²) < 4.78 is 12.3. The van der Waals surface area contributed by atoms with Crippen molar-refractivity contribution in [1.29, 1.82) is 0 Å². The molecule has 0 saturated heterocycles. The minimum absolute atomic E-state index is 0.0213. The topological polar surface area (TPSA) is 52.6 Å². The number of ketones is 1. The van der Waals surface area contributed by atoms with E-state index in [2.05, 4.69) is 0 Å². The van der Waals surface area contributed by atoms with Gasteiger partial charge in [0, 0.05) is 10.8 Å². The van der Waals surface area contributed by atoms with Crippen LogP contribution in [0.1, 0.15) is 20.8 Å². The van der Waals surface area contributed by atoms with Crippen LogP contribution in [0.3, 0.4) is 0 Å². The molecule has 0 bridgehead atoms. The zero-order valence-electron chi connectivity index (χ0n) is 13.8. The van der Waals surface area contributed by atoms with E-state index in [0.717, 1.165) is 15.7 Å². The lowest BCUT2D eigenvalue weighted by Crippen LogP contribution is -2.27. The van der Waals surface area contributed by atoms with E-state index in [4.69, 9.17) is 9.47 Å². The fourth-order valence-corrected chi connectivity index (χ4v) is 3.12. The van der Waals surface area contributed by atoms with Gasteiger partial charge in [0.15, 0.2) is 5.60 Å². The standard InChI is InChI=1S/C19H18O4S/c1-12(15-11-17(20)19(2,3)23-15)8-9-22-14-6-4-13-5-7-18(21)24-16(13)10-14/h4-8,10-11H,9H2,1-3H3/b12-8+. The van der Waals surface area contributed by atoms with Crippen molar-refractivity contribution in [1.82, 2.24) is 0 Å². The number of ether oxygens (including phenoxy) is 2. The van der Waals surface area contributed by atoms with Crippen molar-refractivity contribution < 1.29 is 14.3 Å². The number of carbonyl (C=O) groups excluding carboxylic acids is 1. The molecule has 4 nitrogen and oxygen atoms in total. The Balaban J connectivity index is 1.69. The molecule has 1 aromatic heterocycles. The van der Waals surface area contributed by atoms with E-state index in [1.807, 2.05) is 37.3 Å². The summed E-state index contributed by atoms with van der Waals surface area (Å²) in [6, 6.07) is 9.05. The van der Waals surface area contributed by atoms with Crippen LogP contribution >= 0.6 is 11.3 Å². The van der Waals surface area contributed by atoms with Gasteiger partial charge >= 0.3 is 0 Å². The van der Waals surface area contributed by atoms with Gasteiger partial charge in [-0.2, -0.15) is 0 Å². The van der Waals surface area contributed by atoms with Gasteiger partial charge in [0.05, 0.1) is 0 Å². The van der Waals surface area contributed by atoms with Crippen LogP contribution in [-0.4, -0.2) is 18.0 Å². The number of hydrogen-bond donors (Lipinski definition) is 0. The SMILES string of the molecule is C/C(=C\COc1ccc2ccc(=O)sc2c1)C1=CC(=O)C(C)(C)O1. The van der Waals surface area contributed by atoms with Gasteiger partial charge in [-0.25, -0.2) is 0 Å². The predicted molar refractivity (Wildman–Crippen MR) is 95.6 cm³/mol. The molecule has 24 heavy (non-hydrogen) atoms. The lowest BCUT2D eigenvalue weighted by atomic mass is 10.1. The van der Waals surface area contributed by atoms with Crippen molar-refractivity contribution in [2.24, 2.45) is 0 Å². The van der Waals surface area contributed by atoms with Crippen molar-refractivity contribution in [2.45, 2.75) is 26.4 Å². The molecule has 2 aromatic rings. The van der Waals surface area contributed by atoms with Crippen molar-refractivity contribution in [3.05, 3.63) is 63.4 Å². The van der Waals surface area contributed by atoms with Crippen molar-refractivity contribution >= 4 is 27.2 Å². The van der Waals surface area contributed by atoms with Crippen LogP contribution in [0.15, 0.2) is 58.6 Å². The van der Waals surface area contributed by atoms with E-state index >= 15 is 0 Å². The summed E-state index contributed by atoms with van der Waals surface area (Å²) in [6.07, 6.45) is 3.40. The maximum atomic E-state index is 11.8. The second-order valence-electron chi connectivity index (χ2n) is 6.14. The first-order chi connectivity index (χ1) is 11.3. The third-order valence-electron chi connectivity index (χ3n) is 3.84. The summed E-state index contributed by atoms with van der Waals surface area (Å²) in [5, 5.41) is 1.02. The van der Waals surface area contributed by atoms with E-state index in [9.17, 15) is 9.59 Å². The molecule has 124 valence electrons. The first-order valence-electron chi connectivity index (χ1n) is 7.64. The number of rotatable bonds is 4. The van der Waals surface area contributed by atoms with E-state index in [1.54, 1.807) is 19.9 Å². The molecule has 5 heteroatoms. The number of hydrogen-bond acceptors (Lipinski definition) is 5. The summed E-state index contributed by atoms with van der Waals surface area (Å²) in [4.78, 5) is 23.2. The lowest BCUT2D eigenvalue weighted by Gasteiger charge is -2.18. The highest BCUT2D eigenvalue weighted by Gasteiger charge is 2.35. The van der Waals surface area contributed by atoms with Gasteiger partial charge in [-0.3, -0.25) is 9.59 Å². The first kappa shape index (κ1) is 16.5. The Kier molecular flexibility index (Phi) is 4.28. The predicted octanol–water partition coefficient (Wildman–Crippen LogP) is 3.85. The molecule has 0 spiro atoms. The fourth-order valence-electron chi connectivity index (χ4n) is 2.34. The summed E-state index contributed by atoms with van der Waals surface area (Å²) in [7, 11) is 0. The minimum atomic E-state index is -0.791. The summed E-state index contributed by atoms with van der Waals surface area (Å²) in [5.41, 5.74) is 0.0699. The summed E-state index contributed by atoms with van der Waals surface area (Å²) in [5.74, 6) is 1.26. The van der Waals surface area contributed by atoms with Crippen LogP contribution < -0.4 is 9.48 Å². The van der Waals surface area contributed by atoms with Crippen LogP contribution in [0, 0.1) is 0 Å². The molecule has 2 heterocycles. The Morgan fingerprint density at radius 1 is 1.25 bits per heavy atom. The second kappa shape index (κ2) is 6.24. The summed E-state index contributed by atoms with van der Waals surface area (Å²) >= 11 is 1.20. The number of carbonyl (C=O) groups is 1. The molecular weight excluding hydrogens is 324 g/mol. The molecule has 0 saturated carbocycles. The van der Waals surface area contributed by atoms with Crippen LogP contribution in [0.5, 0.6) is 5.75 Å². The van der Waals surface area contributed by atoms with Gasteiger partial charge in [0.2, 0.25) is 10.5 Å². The van der Waals surface area contributed by atoms with E-state index < -0.39 is 5.60 Å². The van der Waals surface area contributed by atoms with Gasteiger partial charge in [-0.1, -0.05) is 11.3 Å². The van der Waals surface area contributed by atoms with Gasteiger partial charge in [0.25, 0.3) is 0 Å². The molecule has 0 unspecified atom stereocenters. The molecule has 0 atom stereocenters. The fraction of sp³-hybridized carbons (Fsp3) is 0.263. The van der Waals surface area contributed by atoms with Crippen LogP contribution in [-0.2, 0) is 9.53 Å². The van der Waals surface area contributed by atoms with Crippen molar-refractivity contribution in [3.63, 3.8) is 0 Å². The van der Waals surface area contributed by atoms with Crippen molar-refractivity contribution in [3.8, 4) is 5.75 Å². The molecule has 1 aliphatic heterocycles. The zero-order valence-corrected chi connectivity index (χ0v) is 14.6. The molecule has 3 rings (SSSR count). The molecule has 0 aliphatic carbocycles. The number of fused-ring (bicyclic) bond motifs is 1. The van der Waals surface area contributed by atoms with Crippen LogP contribution in [0.2, 0.25) is 0 Å². The van der Waals surface area contributed by atoms with E-state index in [-0.39, 0.29) is 10.5 Å². The molecule has 0 amide bonds. The largest absolute Gasteiger partial charge is 0.489 e.